The first-order valence-corrected chi connectivity index (χ1v) is 10.7. The van der Waals surface area contributed by atoms with Crippen LogP contribution >= 0.6 is 0 Å². The van der Waals surface area contributed by atoms with Crippen LogP contribution in [0.15, 0.2) is 30.5 Å². The number of hydrogen-bond acceptors (Lipinski definition) is 5. The zero-order chi connectivity index (χ0) is 23.0. The topological polar surface area (TPSA) is 77.5 Å². The van der Waals surface area contributed by atoms with Crippen molar-refractivity contribution in [2.45, 2.75) is 46.1 Å². The molecule has 170 valence electrons. The summed E-state index contributed by atoms with van der Waals surface area (Å²) in [6.07, 6.45) is 3.26. The first-order valence-electron chi connectivity index (χ1n) is 10.7. The molecule has 0 atom stereocenters. The van der Waals surface area contributed by atoms with E-state index < -0.39 is 23.3 Å². The molecule has 0 aliphatic carbocycles. The van der Waals surface area contributed by atoms with Gasteiger partial charge in [-0.2, -0.15) is 4.39 Å². The van der Waals surface area contributed by atoms with Crippen molar-refractivity contribution in [3.05, 3.63) is 53.4 Å². The van der Waals surface area contributed by atoms with E-state index in [9.17, 15) is 18.7 Å². The minimum Gasteiger partial charge on any atom is -0.385 e. The van der Waals surface area contributed by atoms with Crippen LogP contribution in [0.4, 0.5) is 20.2 Å². The number of carbonyl (C=O) groups is 1. The highest BCUT2D eigenvalue weighted by molar-refractivity contribution is 6.00. The third-order valence-corrected chi connectivity index (χ3v) is 4.94. The molecule has 0 unspecified atom stereocenters. The van der Waals surface area contributed by atoms with Gasteiger partial charge in [0.05, 0.1) is 24.3 Å². The van der Waals surface area contributed by atoms with E-state index in [1.165, 1.54) is 29.3 Å². The summed E-state index contributed by atoms with van der Waals surface area (Å²) in [4.78, 5) is 17.9. The van der Waals surface area contributed by atoms with E-state index in [0.717, 1.165) is 24.9 Å². The van der Waals surface area contributed by atoms with Gasteiger partial charge < -0.3 is 20.6 Å². The number of halogens is 2. The van der Waals surface area contributed by atoms with E-state index in [4.69, 9.17) is 0 Å². The third-order valence-electron chi connectivity index (χ3n) is 4.94. The highest BCUT2D eigenvalue weighted by atomic mass is 19.1. The molecule has 0 radical (unpaired) electrons. The lowest BCUT2D eigenvalue weighted by Gasteiger charge is -2.46. The number of amides is 1. The van der Waals surface area contributed by atoms with Gasteiger partial charge in [-0.25, -0.2) is 9.37 Å². The van der Waals surface area contributed by atoms with Crippen molar-refractivity contribution in [3.63, 3.8) is 0 Å². The van der Waals surface area contributed by atoms with Gasteiger partial charge in [-0.1, -0.05) is 33.3 Å². The molecule has 1 fully saturated rings. The maximum atomic E-state index is 14.4. The first-order chi connectivity index (χ1) is 14.8. The molecule has 3 N–H and O–H groups in total. The summed E-state index contributed by atoms with van der Waals surface area (Å²) in [5.74, 6) is -1.89. The van der Waals surface area contributed by atoms with Gasteiger partial charge in [0, 0.05) is 12.7 Å². The number of β-amino-alcohol motifs (C(OH)–C–C–N with tert-alkyl or cyclic N) is 1. The summed E-state index contributed by atoms with van der Waals surface area (Å²) in [6.45, 7) is 9.32. The maximum absolute atomic E-state index is 14.4. The van der Waals surface area contributed by atoms with Crippen LogP contribution in [0.1, 0.15) is 49.5 Å². The number of benzene rings is 1. The largest absolute Gasteiger partial charge is 0.385 e. The Morgan fingerprint density at radius 3 is 2.61 bits per heavy atom. The fourth-order valence-electron chi connectivity index (χ4n) is 3.30. The van der Waals surface area contributed by atoms with Gasteiger partial charge in [-0.05, 0) is 43.7 Å². The second kappa shape index (κ2) is 11.2. The predicted molar refractivity (Wildman–Crippen MR) is 119 cm³/mol. The van der Waals surface area contributed by atoms with Crippen molar-refractivity contribution in [1.82, 2.24) is 15.2 Å². The van der Waals surface area contributed by atoms with Crippen molar-refractivity contribution in [3.8, 4) is 0 Å². The number of aromatic nitrogens is 1. The van der Waals surface area contributed by atoms with Crippen LogP contribution in [0.3, 0.4) is 0 Å². The van der Waals surface area contributed by atoms with Crippen LogP contribution in [-0.2, 0) is 0 Å². The van der Waals surface area contributed by atoms with Crippen LogP contribution in [-0.4, -0.2) is 52.7 Å². The van der Waals surface area contributed by atoms with Gasteiger partial charge in [0.15, 0.2) is 0 Å². The number of carbonyl (C=O) groups excluding carboxylic acids is 1. The Morgan fingerprint density at radius 1 is 1.26 bits per heavy atom. The Bertz CT molecular complexity index is 886. The van der Waals surface area contributed by atoms with Crippen molar-refractivity contribution in [2.75, 3.05) is 31.5 Å². The average molecular weight is 435 g/mol. The summed E-state index contributed by atoms with van der Waals surface area (Å²) in [6, 6.07) is 5.87. The molecule has 1 aromatic carbocycles. The smallest absolute Gasteiger partial charge is 0.256 e. The zero-order valence-corrected chi connectivity index (χ0v) is 18.6. The summed E-state index contributed by atoms with van der Waals surface area (Å²) < 4.78 is 28.5. The molecule has 2 aromatic rings. The number of aliphatic hydroxyl groups is 1. The van der Waals surface area contributed by atoms with Gasteiger partial charge in [0.2, 0.25) is 5.95 Å². The quantitative estimate of drug-likeness (QED) is 0.432. The SMILES string of the molecule is CC.CCCCNCC1(O)CN(C(=O)c2ccnc(F)c2Nc2ccc(C)cc2F)C1. The van der Waals surface area contributed by atoms with Crippen molar-refractivity contribution < 1.29 is 18.7 Å². The normalized spacial score (nSPS) is 14.4. The van der Waals surface area contributed by atoms with E-state index in [1.54, 1.807) is 13.0 Å². The highest BCUT2D eigenvalue weighted by Gasteiger charge is 2.44. The molecular weight excluding hydrogens is 402 g/mol. The van der Waals surface area contributed by atoms with E-state index in [-0.39, 0.29) is 30.0 Å². The average Bonchev–Trinajstić information content (AvgIpc) is 2.73. The maximum Gasteiger partial charge on any atom is 0.256 e. The molecule has 3 rings (SSSR count). The molecule has 1 saturated heterocycles. The lowest BCUT2D eigenvalue weighted by atomic mass is 9.93. The Hall–Kier alpha value is -2.58. The molecule has 2 heterocycles. The second-order valence-electron chi connectivity index (χ2n) is 7.55. The summed E-state index contributed by atoms with van der Waals surface area (Å²) in [5, 5.41) is 16.3. The molecule has 6 nitrogen and oxygen atoms in total. The number of likely N-dealkylation sites (tertiary alicyclic amines) is 1. The summed E-state index contributed by atoms with van der Waals surface area (Å²) in [5.41, 5.74) is -0.360. The fourth-order valence-corrected chi connectivity index (χ4v) is 3.30. The minimum absolute atomic E-state index is 0.0402. The van der Waals surface area contributed by atoms with Gasteiger partial charge in [0.1, 0.15) is 17.1 Å². The molecule has 1 aliphatic heterocycles. The van der Waals surface area contributed by atoms with E-state index in [0.29, 0.717) is 6.54 Å². The second-order valence-corrected chi connectivity index (χ2v) is 7.55. The van der Waals surface area contributed by atoms with E-state index in [2.05, 4.69) is 22.5 Å². The molecule has 1 aromatic heterocycles. The van der Waals surface area contributed by atoms with Crippen LogP contribution in [0.2, 0.25) is 0 Å². The molecule has 1 aliphatic rings. The van der Waals surface area contributed by atoms with Crippen molar-refractivity contribution in [1.29, 1.82) is 0 Å². The first kappa shape index (κ1) is 24.7. The number of pyridine rings is 1. The number of rotatable bonds is 8. The molecule has 0 bridgehead atoms. The molecule has 0 saturated carbocycles. The lowest BCUT2D eigenvalue weighted by molar-refractivity contribution is -0.0784. The van der Waals surface area contributed by atoms with Gasteiger partial charge in [0.25, 0.3) is 5.91 Å². The molecule has 8 heteroatoms. The number of nitrogens with zero attached hydrogens (tertiary/aromatic N) is 2. The lowest BCUT2D eigenvalue weighted by Crippen LogP contribution is -2.67. The van der Waals surface area contributed by atoms with E-state index in [1.807, 2.05) is 13.8 Å². The van der Waals surface area contributed by atoms with Gasteiger partial charge >= 0.3 is 0 Å². The van der Waals surface area contributed by atoms with Gasteiger partial charge in [-0.15, -0.1) is 0 Å². The number of anilines is 2. The van der Waals surface area contributed by atoms with Crippen LogP contribution < -0.4 is 10.6 Å². The van der Waals surface area contributed by atoms with Gasteiger partial charge in [-0.3, -0.25) is 4.79 Å². The Kier molecular flexibility index (Phi) is 8.88. The monoisotopic (exact) mass is 434 g/mol. The summed E-state index contributed by atoms with van der Waals surface area (Å²) >= 11 is 0. The standard InChI is InChI=1S/C21H26F2N4O2.C2H6/c1-3-4-8-24-11-21(29)12-27(13-21)20(28)15-7-9-25-19(23)18(15)26-17-6-5-14(2)10-16(17)22;1-2/h5-7,9-10,24,26,29H,3-4,8,11-13H2,1-2H3;1-2H3. The van der Waals surface area contributed by atoms with Crippen molar-refractivity contribution >= 4 is 17.3 Å². The minimum atomic E-state index is -0.994. The van der Waals surface area contributed by atoms with Crippen molar-refractivity contribution in [2.24, 2.45) is 0 Å². The molecule has 0 spiro atoms. The van der Waals surface area contributed by atoms with Crippen LogP contribution in [0.5, 0.6) is 0 Å². The van der Waals surface area contributed by atoms with Crippen LogP contribution in [0.25, 0.3) is 0 Å². The number of unbranched alkanes of at least 4 members (excludes halogenated alkanes) is 1. The number of nitrogens with one attached hydrogen (secondary N) is 2. The Balaban J connectivity index is 0.00000166. The molecule has 1 amide bonds. The van der Waals surface area contributed by atoms with E-state index >= 15 is 0 Å². The predicted octanol–water partition coefficient (Wildman–Crippen LogP) is 4.01. The Morgan fingerprint density at radius 2 is 1.97 bits per heavy atom. The number of hydrogen-bond donors (Lipinski definition) is 3. The zero-order valence-electron chi connectivity index (χ0n) is 18.6. The van der Waals surface area contributed by atoms with Crippen LogP contribution in [0, 0.1) is 18.7 Å². The highest BCUT2D eigenvalue weighted by Crippen LogP contribution is 2.29. The summed E-state index contributed by atoms with van der Waals surface area (Å²) in [7, 11) is 0. The molecular formula is C23H32F2N4O2. The third kappa shape index (κ3) is 6.21. The molecule has 31 heavy (non-hydrogen) atoms. The number of aryl methyl sites for hydroxylation is 1. The Labute approximate surface area is 182 Å². The fraction of sp³-hybridized carbons (Fsp3) is 0.478.